The van der Waals surface area contributed by atoms with E-state index in [1.807, 2.05) is 6.26 Å². The number of likely N-dealkylation sites (tertiary alicyclic amines) is 1. The van der Waals surface area contributed by atoms with E-state index < -0.39 is 6.09 Å². The van der Waals surface area contributed by atoms with Crippen LogP contribution in [0, 0.1) is 0 Å². The third kappa shape index (κ3) is 1.56. The van der Waals surface area contributed by atoms with Crippen molar-refractivity contribution in [2.24, 2.45) is 0 Å². The predicted octanol–water partition coefficient (Wildman–Crippen LogP) is 1.10. The van der Waals surface area contributed by atoms with Gasteiger partial charge in [0.25, 0.3) is 0 Å². The largest absolute Gasteiger partial charge is 0.465 e. The van der Waals surface area contributed by atoms with Gasteiger partial charge in [-0.2, -0.15) is 11.8 Å². The molecule has 58 valence electrons. The molecular formula is C6H11NO2S. The second kappa shape index (κ2) is 3.14. The van der Waals surface area contributed by atoms with E-state index in [0.717, 1.165) is 6.42 Å². The summed E-state index contributed by atoms with van der Waals surface area (Å²) in [5.74, 6) is 0. The molecule has 1 aliphatic rings. The summed E-state index contributed by atoms with van der Waals surface area (Å²) in [6.45, 7) is 1.41. The third-order valence-corrected chi connectivity index (χ3v) is 2.80. The van der Waals surface area contributed by atoms with E-state index in [0.29, 0.717) is 18.3 Å². The van der Waals surface area contributed by atoms with Crippen LogP contribution in [0.15, 0.2) is 0 Å². The lowest BCUT2D eigenvalue weighted by atomic mass is 10.4. The summed E-state index contributed by atoms with van der Waals surface area (Å²) in [5.41, 5.74) is 0. The Kier molecular flexibility index (Phi) is 2.43. The van der Waals surface area contributed by atoms with Gasteiger partial charge in [-0.25, -0.2) is 4.79 Å². The number of thioether (sulfide) groups is 1. The zero-order chi connectivity index (χ0) is 7.56. The molecule has 1 fully saturated rings. The van der Waals surface area contributed by atoms with E-state index in [-0.39, 0.29) is 0 Å². The number of hydrogen-bond donors (Lipinski definition) is 1. The second-order valence-corrected chi connectivity index (χ2v) is 3.51. The van der Waals surface area contributed by atoms with Gasteiger partial charge in [-0.1, -0.05) is 0 Å². The molecule has 0 radical (unpaired) electrons. The first-order chi connectivity index (χ1) is 4.74. The molecular weight excluding hydrogens is 150 g/mol. The van der Waals surface area contributed by atoms with Gasteiger partial charge in [-0.05, 0) is 12.7 Å². The predicted molar refractivity (Wildman–Crippen MR) is 41.5 cm³/mol. The molecule has 1 rings (SSSR count). The summed E-state index contributed by atoms with van der Waals surface area (Å²) in [4.78, 5) is 11.9. The molecule has 0 unspecified atom stereocenters. The highest BCUT2D eigenvalue weighted by atomic mass is 32.2. The van der Waals surface area contributed by atoms with Crippen molar-refractivity contribution in [1.29, 1.82) is 0 Å². The Hall–Kier alpha value is -0.380. The zero-order valence-electron chi connectivity index (χ0n) is 5.91. The van der Waals surface area contributed by atoms with Gasteiger partial charge in [-0.3, -0.25) is 0 Å². The molecule has 1 amide bonds. The maximum atomic E-state index is 10.4. The van der Waals surface area contributed by atoms with Crippen molar-refractivity contribution in [3.8, 4) is 0 Å². The molecule has 1 atom stereocenters. The summed E-state index contributed by atoms with van der Waals surface area (Å²) in [6, 6.07) is 0. The van der Waals surface area contributed by atoms with Crippen LogP contribution in [0.3, 0.4) is 0 Å². The number of rotatable bonds is 1. The molecule has 1 N–H and O–H groups in total. The monoisotopic (exact) mass is 161 g/mol. The normalized spacial score (nSPS) is 25.3. The van der Waals surface area contributed by atoms with Crippen LogP contribution in [0.4, 0.5) is 4.79 Å². The Bertz CT molecular complexity index is 140. The van der Waals surface area contributed by atoms with E-state index in [9.17, 15) is 4.79 Å². The SMILES string of the molecule is CS[C@@H]1CCN(C(=O)O)C1. The quantitative estimate of drug-likeness (QED) is 0.626. The molecule has 0 aromatic carbocycles. The van der Waals surface area contributed by atoms with Crippen LogP contribution < -0.4 is 0 Å². The summed E-state index contributed by atoms with van der Waals surface area (Å²) in [7, 11) is 0. The topological polar surface area (TPSA) is 40.5 Å². The average Bonchev–Trinajstić information content (AvgIpc) is 2.34. The van der Waals surface area contributed by atoms with Crippen LogP contribution in [0.25, 0.3) is 0 Å². The standard InChI is InChI=1S/C6H11NO2S/c1-10-5-2-3-7(4-5)6(8)9/h5H,2-4H2,1H3,(H,8,9)/t5-/m1/s1. The van der Waals surface area contributed by atoms with Crippen LogP contribution in [0.5, 0.6) is 0 Å². The molecule has 3 nitrogen and oxygen atoms in total. The van der Waals surface area contributed by atoms with E-state index in [4.69, 9.17) is 5.11 Å². The first-order valence-electron chi connectivity index (χ1n) is 3.24. The molecule has 0 aromatic heterocycles. The van der Waals surface area contributed by atoms with E-state index >= 15 is 0 Å². The maximum absolute atomic E-state index is 10.4. The number of hydrogen-bond acceptors (Lipinski definition) is 2. The fourth-order valence-electron chi connectivity index (χ4n) is 1.09. The summed E-state index contributed by atoms with van der Waals surface area (Å²) in [6.07, 6.45) is 2.25. The molecule has 0 aromatic rings. The molecule has 0 bridgehead atoms. The fourth-order valence-corrected chi connectivity index (χ4v) is 1.76. The fraction of sp³-hybridized carbons (Fsp3) is 0.833. The summed E-state index contributed by atoms with van der Waals surface area (Å²) >= 11 is 1.75. The molecule has 0 spiro atoms. The summed E-state index contributed by atoms with van der Waals surface area (Å²) in [5, 5.41) is 9.07. The Morgan fingerprint density at radius 2 is 2.50 bits per heavy atom. The molecule has 1 saturated heterocycles. The lowest BCUT2D eigenvalue weighted by Gasteiger charge is -2.09. The van der Waals surface area contributed by atoms with E-state index in [1.54, 1.807) is 11.8 Å². The Balaban J connectivity index is 2.35. The second-order valence-electron chi connectivity index (χ2n) is 2.37. The van der Waals surface area contributed by atoms with Crippen molar-refractivity contribution in [1.82, 2.24) is 4.90 Å². The van der Waals surface area contributed by atoms with Gasteiger partial charge in [0.1, 0.15) is 0 Å². The van der Waals surface area contributed by atoms with Gasteiger partial charge >= 0.3 is 6.09 Å². The van der Waals surface area contributed by atoms with E-state index in [2.05, 4.69) is 0 Å². The Morgan fingerprint density at radius 1 is 1.80 bits per heavy atom. The molecule has 1 aliphatic heterocycles. The number of carbonyl (C=O) groups is 1. The summed E-state index contributed by atoms with van der Waals surface area (Å²) < 4.78 is 0. The van der Waals surface area contributed by atoms with Crippen molar-refractivity contribution in [2.75, 3.05) is 19.3 Å². The van der Waals surface area contributed by atoms with Crippen molar-refractivity contribution >= 4 is 17.9 Å². The lowest BCUT2D eigenvalue weighted by molar-refractivity contribution is 0.156. The van der Waals surface area contributed by atoms with Crippen molar-refractivity contribution < 1.29 is 9.90 Å². The minimum atomic E-state index is -0.781. The average molecular weight is 161 g/mol. The highest BCUT2D eigenvalue weighted by Crippen LogP contribution is 2.19. The Labute approximate surface area is 64.4 Å². The van der Waals surface area contributed by atoms with Crippen LogP contribution in [-0.2, 0) is 0 Å². The minimum Gasteiger partial charge on any atom is -0.465 e. The van der Waals surface area contributed by atoms with Crippen LogP contribution >= 0.6 is 11.8 Å². The highest BCUT2D eigenvalue weighted by Gasteiger charge is 2.24. The Morgan fingerprint density at radius 3 is 2.80 bits per heavy atom. The zero-order valence-corrected chi connectivity index (χ0v) is 6.73. The molecule has 10 heavy (non-hydrogen) atoms. The van der Waals surface area contributed by atoms with Crippen molar-refractivity contribution in [3.05, 3.63) is 0 Å². The first-order valence-corrected chi connectivity index (χ1v) is 4.53. The minimum absolute atomic E-state index is 0.524. The third-order valence-electron chi connectivity index (χ3n) is 1.75. The smallest absolute Gasteiger partial charge is 0.407 e. The van der Waals surface area contributed by atoms with Crippen LogP contribution in [-0.4, -0.2) is 40.7 Å². The van der Waals surface area contributed by atoms with Gasteiger partial charge in [-0.15, -0.1) is 0 Å². The van der Waals surface area contributed by atoms with Crippen LogP contribution in [0.2, 0.25) is 0 Å². The van der Waals surface area contributed by atoms with Gasteiger partial charge in [0.05, 0.1) is 0 Å². The lowest BCUT2D eigenvalue weighted by Crippen LogP contribution is -2.26. The van der Waals surface area contributed by atoms with Gasteiger partial charge < -0.3 is 10.0 Å². The van der Waals surface area contributed by atoms with Crippen molar-refractivity contribution in [2.45, 2.75) is 11.7 Å². The van der Waals surface area contributed by atoms with E-state index in [1.165, 1.54) is 4.90 Å². The van der Waals surface area contributed by atoms with Gasteiger partial charge in [0, 0.05) is 18.3 Å². The number of nitrogens with zero attached hydrogens (tertiary/aromatic N) is 1. The van der Waals surface area contributed by atoms with Crippen molar-refractivity contribution in [3.63, 3.8) is 0 Å². The van der Waals surface area contributed by atoms with Gasteiger partial charge in [0.15, 0.2) is 0 Å². The first kappa shape index (κ1) is 7.72. The number of amides is 1. The molecule has 0 aliphatic carbocycles. The van der Waals surface area contributed by atoms with Gasteiger partial charge in [0.2, 0.25) is 0 Å². The highest BCUT2D eigenvalue weighted by molar-refractivity contribution is 7.99. The molecule has 0 saturated carbocycles. The maximum Gasteiger partial charge on any atom is 0.407 e. The molecule has 1 heterocycles. The van der Waals surface area contributed by atoms with Crippen LogP contribution in [0.1, 0.15) is 6.42 Å². The molecule has 4 heteroatoms. The number of carboxylic acid groups (broad SMARTS) is 1.